The topological polar surface area (TPSA) is 64.6 Å². The summed E-state index contributed by atoms with van der Waals surface area (Å²) >= 11 is 1.58. The lowest BCUT2D eigenvalue weighted by Gasteiger charge is -2.06. The Morgan fingerprint density at radius 3 is 2.67 bits per heavy atom. The molecule has 6 heteroatoms. The molecule has 0 saturated heterocycles. The van der Waals surface area contributed by atoms with E-state index >= 15 is 0 Å². The van der Waals surface area contributed by atoms with Gasteiger partial charge in [-0.1, -0.05) is 30.9 Å². The van der Waals surface area contributed by atoms with Crippen LogP contribution in [0.5, 0.6) is 5.75 Å². The summed E-state index contributed by atoms with van der Waals surface area (Å²) in [6.07, 6.45) is 6.51. The van der Waals surface area contributed by atoms with Crippen molar-refractivity contribution in [3.8, 4) is 5.75 Å². The molecule has 0 saturated carbocycles. The lowest BCUT2D eigenvalue weighted by molar-refractivity contribution is -0.142. The van der Waals surface area contributed by atoms with Crippen LogP contribution in [-0.4, -0.2) is 31.3 Å². The molecule has 140 valence electrons. The molecule has 5 nitrogen and oxygen atoms in total. The molecule has 1 amide bonds. The van der Waals surface area contributed by atoms with E-state index in [2.05, 4.69) is 11.9 Å². The van der Waals surface area contributed by atoms with E-state index in [0.29, 0.717) is 12.3 Å². The summed E-state index contributed by atoms with van der Waals surface area (Å²) in [7, 11) is 0. The Morgan fingerprint density at radius 2 is 1.96 bits per heavy atom. The van der Waals surface area contributed by atoms with Crippen LogP contribution in [0.3, 0.4) is 0 Å². The first-order chi connectivity index (χ1) is 13.1. The molecular weight excluding hydrogens is 362 g/mol. The molecule has 0 radical (unpaired) electrons. The van der Waals surface area contributed by atoms with Gasteiger partial charge in [0.25, 0.3) is 5.91 Å². The van der Waals surface area contributed by atoms with E-state index in [9.17, 15) is 9.59 Å². The van der Waals surface area contributed by atoms with Crippen LogP contribution in [-0.2, 0) is 14.3 Å². The molecule has 0 aliphatic rings. The zero-order valence-corrected chi connectivity index (χ0v) is 15.8. The lowest BCUT2D eigenvalue weighted by atomic mass is 10.2. The van der Waals surface area contributed by atoms with E-state index in [1.54, 1.807) is 42.1 Å². The van der Waals surface area contributed by atoms with Crippen molar-refractivity contribution in [1.82, 2.24) is 0 Å². The maximum Gasteiger partial charge on any atom is 0.331 e. The van der Waals surface area contributed by atoms with Gasteiger partial charge >= 0.3 is 5.97 Å². The first kappa shape index (κ1) is 20.3. The van der Waals surface area contributed by atoms with Gasteiger partial charge in [0.15, 0.2) is 6.61 Å². The number of carbonyl (C=O) groups excluding carboxylic acids is 2. The molecule has 2 rings (SSSR count). The maximum absolute atomic E-state index is 11.9. The minimum absolute atomic E-state index is 0.346. The highest BCUT2D eigenvalue weighted by Crippen LogP contribution is 2.18. The second-order valence-corrected chi connectivity index (χ2v) is 6.27. The van der Waals surface area contributed by atoms with Crippen LogP contribution in [0.4, 0.5) is 5.69 Å². The summed E-state index contributed by atoms with van der Waals surface area (Å²) in [4.78, 5) is 24.7. The Hall–Kier alpha value is -2.99. The fraction of sp³-hybridized carbons (Fsp3) is 0.143. The highest BCUT2D eigenvalue weighted by atomic mass is 32.2. The first-order valence-electron chi connectivity index (χ1n) is 8.23. The third-order valence-corrected chi connectivity index (χ3v) is 4.08. The quantitative estimate of drug-likeness (QED) is 0.305. The van der Waals surface area contributed by atoms with Crippen molar-refractivity contribution < 1.29 is 19.1 Å². The molecule has 2 aromatic carbocycles. The van der Waals surface area contributed by atoms with Gasteiger partial charge in [0.2, 0.25) is 0 Å². The van der Waals surface area contributed by atoms with Crippen LogP contribution in [0.25, 0.3) is 6.08 Å². The SMILES string of the molecule is C=CCOc1ccc(/C=C/C(=O)OCC(=O)Nc2cccc(SC)c2)cc1. The summed E-state index contributed by atoms with van der Waals surface area (Å²) < 4.78 is 10.3. The molecule has 0 unspecified atom stereocenters. The van der Waals surface area contributed by atoms with E-state index in [-0.39, 0.29) is 6.61 Å². The van der Waals surface area contributed by atoms with Crippen molar-refractivity contribution in [3.63, 3.8) is 0 Å². The third-order valence-electron chi connectivity index (χ3n) is 3.36. The van der Waals surface area contributed by atoms with Crippen LogP contribution in [0.1, 0.15) is 5.56 Å². The van der Waals surface area contributed by atoms with Gasteiger partial charge < -0.3 is 14.8 Å². The largest absolute Gasteiger partial charge is 0.490 e. The van der Waals surface area contributed by atoms with Gasteiger partial charge in [-0.25, -0.2) is 4.79 Å². The van der Waals surface area contributed by atoms with Crippen molar-refractivity contribution >= 4 is 35.4 Å². The van der Waals surface area contributed by atoms with Crippen molar-refractivity contribution in [2.24, 2.45) is 0 Å². The van der Waals surface area contributed by atoms with E-state index in [4.69, 9.17) is 9.47 Å². The highest BCUT2D eigenvalue weighted by molar-refractivity contribution is 7.98. The minimum Gasteiger partial charge on any atom is -0.490 e. The fourth-order valence-corrected chi connectivity index (χ4v) is 2.54. The summed E-state index contributed by atoms with van der Waals surface area (Å²) in [5, 5.41) is 2.69. The zero-order valence-electron chi connectivity index (χ0n) is 15.0. The average Bonchev–Trinajstić information content (AvgIpc) is 2.70. The molecule has 0 bridgehead atoms. The zero-order chi connectivity index (χ0) is 19.5. The predicted molar refractivity (Wildman–Crippen MR) is 109 cm³/mol. The number of rotatable bonds is 9. The van der Waals surface area contributed by atoms with E-state index in [0.717, 1.165) is 16.2 Å². The molecule has 0 atom stereocenters. The lowest BCUT2D eigenvalue weighted by Crippen LogP contribution is -2.20. The molecule has 0 spiro atoms. The Balaban J connectivity index is 1.78. The normalized spacial score (nSPS) is 10.4. The summed E-state index contributed by atoms with van der Waals surface area (Å²) in [5.41, 5.74) is 1.48. The first-order valence-corrected chi connectivity index (χ1v) is 9.45. The van der Waals surface area contributed by atoms with Crippen molar-refractivity contribution in [3.05, 3.63) is 72.8 Å². The molecule has 0 aromatic heterocycles. The number of nitrogens with one attached hydrogen (secondary N) is 1. The molecule has 0 fully saturated rings. The van der Waals surface area contributed by atoms with Gasteiger partial charge in [-0.3, -0.25) is 4.79 Å². The molecule has 0 aliphatic carbocycles. The summed E-state index contributed by atoms with van der Waals surface area (Å²) in [6.45, 7) is 3.68. The number of amides is 1. The molecule has 0 aliphatic heterocycles. The number of benzene rings is 2. The van der Waals surface area contributed by atoms with Crippen molar-refractivity contribution in [1.29, 1.82) is 0 Å². The Bertz CT molecular complexity index is 815. The number of hydrogen-bond donors (Lipinski definition) is 1. The Morgan fingerprint density at radius 1 is 1.19 bits per heavy atom. The summed E-state index contributed by atoms with van der Waals surface area (Å²) in [6, 6.07) is 14.7. The van der Waals surface area contributed by atoms with Crippen LogP contribution in [0.2, 0.25) is 0 Å². The van der Waals surface area contributed by atoms with Gasteiger partial charge in [-0.05, 0) is 48.2 Å². The number of anilines is 1. The van der Waals surface area contributed by atoms with Crippen LogP contribution in [0.15, 0.2) is 72.2 Å². The second-order valence-electron chi connectivity index (χ2n) is 5.39. The number of carbonyl (C=O) groups is 2. The van der Waals surface area contributed by atoms with Gasteiger partial charge in [-0.2, -0.15) is 0 Å². The second kappa shape index (κ2) is 10.9. The van der Waals surface area contributed by atoms with Crippen LogP contribution < -0.4 is 10.1 Å². The van der Waals surface area contributed by atoms with Crippen LogP contribution in [0, 0.1) is 0 Å². The van der Waals surface area contributed by atoms with E-state index in [1.807, 2.05) is 36.6 Å². The third kappa shape index (κ3) is 7.42. The molecular formula is C21H21NO4S. The van der Waals surface area contributed by atoms with E-state index in [1.165, 1.54) is 6.08 Å². The molecule has 2 aromatic rings. The fourth-order valence-electron chi connectivity index (χ4n) is 2.08. The molecule has 1 N–H and O–H groups in total. The van der Waals surface area contributed by atoms with E-state index < -0.39 is 11.9 Å². The van der Waals surface area contributed by atoms with Gasteiger partial charge in [0.1, 0.15) is 12.4 Å². The average molecular weight is 383 g/mol. The monoisotopic (exact) mass is 383 g/mol. The predicted octanol–water partition coefficient (Wildman–Crippen LogP) is 4.17. The molecule has 27 heavy (non-hydrogen) atoms. The molecule has 0 heterocycles. The Labute approximate surface area is 163 Å². The van der Waals surface area contributed by atoms with Crippen LogP contribution >= 0.6 is 11.8 Å². The Kier molecular flexibility index (Phi) is 8.19. The number of ether oxygens (including phenoxy) is 2. The van der Waals surface area contributed by atoms with Gasteiger partial charge in [0, 0.05) is 16.7 Å². The minimum atomic E-state index is -0.588. The smallest absolute Gasteiger partial charge is 0.331 e. The number of thioether (sulfide) groups is 1. The van der Waals surface area contributed by atoms with Gasteiger partial charge in [0.05, 0.1) is 0 Å². The number of hydrogen-bond acceptors (Lipinski definition) is 5. The summed E-state index contributed by atoms with van der Waals surface area (Å²) in [5.74, 6) is -0.259. The maximum atomic E-state index is 11.9. The van der Waals surface area contributed by atoms with Crippen molar-refractivity contribution in [2.45, 2.75) is 4.90 Å². The standard InChI is InChI=1S/C21H21NO4S/c1-3-13-25-18-10-7-16(8-11-18)9-12-21(24)26-15-20(23)22-17-5-4-6-19(14-17)27-2/h3-12,14H,1,13,15H2,2H3,(H,22,23)/b12-9+. The number of esters is 1. The van der Waals surface area contributed by atoms with Crippen molar-refractivity contribution in [2.75, 3.05) is 24.8 Å². The highest BCUT2D eigenvalue weighted by Gasteiger charge is 2.06. The van der Waals surface area contributed by atoms with Gasteiger partial charge in [-0.15, -0.1) is 11.8 Å².